The Morgan fingerprint density at radius 1 is 0.903 bits per heavy atom. The van der Waals surface area contributed by atoms with Crippen LogP contribution in [0.2, 0.25) is 0 Å². The number of hydrogen-bond donors (Lipinski definition) is 2. The Labute approximate surface area is 187 Å². The Morgan fingerprint density at radius 2 is 1.71 bits per heavy atom. The minimum atomic E-state index is 0.117. The van der Waals surface area contributed by atoms with E-state index in [0.29, 0.717) is 0 Å². The fourth-order valence-electron chi connectivity index (χ4n) is 4.76. The Kier molecular flexibility index (Phi) is 5.38. The van der Waals surface area contributed by atoms with Gasteiger partial charge in [-0.1, -0.05) is 42.5 Å². The normalized spacial score (nSPS) is 18.0. The summed E-state index contributed by atoms with van der Waals surface area (Å²) in [7, 11) is 3.40. The van der Waals surface area contributed by atoms with Crippen LogP contribution in [0.25, 0.3) is 10.9 Å². The molecule has 4 nitrogen and oxygen atoms in total. The van der Waals surface area contributed by atoms with Crippen LogP contribution in [0.15, 0.2) is 71.6 Å². The zero-order valence-electron chi connectivity index (χ0n) is 17.9. The van der Waals surface area contributed by atoms with E-state index in [9.17, 15) is 0 Å². The summed E-state index contributed by atoms with van der Waals surface area (Å²) in [5.41, 5.74) is 6.12. The quantitative estimate of drug-likeness (QED) is 0.397. The molecule has 158 valence electrons. The number of thioether (sulfide) groups is 1. The number of benzene rings is 3. The number of hydrogen-bond acceptors (Lipinski definition) is 4. The van der Waals surface area contributed by atoms with Crippen molar-refractivity contribution in [2.24, 2.45) is 0 Å². The summed E-state index contributed by atoms with van der Waals surface area (Å²) in [6, 6.07) is 23.7. The molecule has 1 aromatic heterocycles. The van der Waals surface area contributed by atoms with Crippen molar-refractivity contribution in [3.63, 3.8) is 0 Å². The van der Waals surface area contributed by atoms with Crippen molar-refractivity contribution < 1.29 is 9.47 Å². The summed E-state index contributed by atoms with van der Waals surface area (Å²) in [6.45, 7) is 0.813. The number of rotatable bonds is 5. The maximum atomic E-state index is 5.80. The van der Waals surface area contributed by atoms with Gasteiger partial charge < -0.3 is 19.8 Å². The average molecular weight is 431 g/mol. The molecule has 1 aliphatic heterocycles. The molecule has 2 unspecified atom stereocenters. The van der Waals surface area contributed by atoms with Crippen molar-refractivity contribution in [3.8, 4) is 11.5 Å². The topological polar surface area (TPSA) is 46.3 Å². The predicted octanol–water partition coefficient (Wildman–Crippen LogP) is 5.73. The van der Waals surface area contributed by atoms with Gasteiger partial charge in [0.25, 0.3) is 0 Å². The van der Waals surface area contributed by atoms with Gasteiger partial charge in [-0.25, -0.2) is 0 Å². The molecule has 0 saturated carbocycles. The van der Waals surface area contributed by atoms with Crippen LogP contribution in [0.3, 0.4) is 0 Å². The Bertz CT molecular complexity index is 1220. The van der Waals surface area contributed by atoms with Gasteiger partial charge >= 0.3 is 0 Å². The Hall–Kier alpha value is -2.89. The minimum Gasteiger partial charge on any atom is -0.493 e. The van der Waals surface area contributed by atoms with Gasteiger partial charge in [0.1, 0.15) is 0 Å². The van der Waals surface area contributed by atoms with Gasteiger partial charge in [-0.05, 0) is 41.6 Å². The van der Waals surface area contributed by atoms with Crippen LogP contribution in [0.5, 0.6) is 11.5 Å². The van der Waals surface area contributed by atoms with Gasteiger partial charge in [-0.2, -0.15) is 0 Å². The van der Waals surface area contributed by atoms with Crippen molar-refractivity contribution in [2.75, 3.05) is 27.0 Å². The zero-order valence-corrected chi connectivity index (χ0v) is 18.8. The number of fused-ring (bicyclic) bond motifs is 3. The molecule has 0 bridgehead atoms. The predicted molar refractivity (Wildman–Crippen MR) is 128 cm³/mol. The van der Waals surface area contributed by atoms with Crippen LogP contribution in [-0.4, -0.2) is 32.0 Å². The largest absolute Gasteiger partial charge is 0.493 e. The van der Waals surface area contributed by atoms with E-state index < -0.39 is 0 Å². The molecule has 0 saturated heterocycles. The van der Waals surface area contributed by atoms with Gasteiger partial charge in [-0.3, -0.25) is 0 Å². The van der Waals surface area contributed by atoms with Crippen LogP contribution in [0.4, 0.5) is 0 Å². The maximum Gasteiger partial charge on any atom is 0.164 e. The second kappa shape index (κ2) is 8.33. The summed E-state index contributed by atoms with van der Waals surface area (Å²) in [6.07, 6.45) is 2.11. The lowest BCUT2D eigenvalue weighted by Crippen LogP contribution is -2.34. The summed E-state index contributed by atoms with van der Waals surface area (Å²) in [4.78, 5) is 4.99. The standard InChI is InChI=1S/C26H26N2O2S/c1-29-22-10-6-8-18(26(22)30-2)20-15-27-24(16-11-13-17(31-3)14-12-16)25-23(20)19-7-4-5-9-21(19)28-25/h4-14,20,24,27-28H,15H2,1-3H3. The number of methoxy groups -OCH3 is 2. The van der Waals surface area contributed by atoms with Crippen molar-refractivity contribution in [1.82, 2.24) is 10.3 Å². The van der Waals surface area contributed by atoms with E-state index in [1.54, 1.807) is 26.0 Å². The third kappa shape index (κ3) is 3.38. The van der Waals surface area contributed by atoms with Gasteiger partial charge in [0.15, 0.2) is 11.5 Å². The highest BCUT2D eigenvalue weighted by molar-refractivity contribution is 7.98. The van der Waals surface area contributed by atoms with Gasteiger partial charge in [0, 0.05) is 39.5 Å². The highest BCUT2D eigenvalue weighted by Gasteiger charge is 2.34. The van der Waals surface area contributed by atoms with Gasteiger partial charge in [0.05, 0.1) is 20.3 Å². The van der Waals surface area contributed by atoms with E-state index in [1.165, 1.54) is 27.1 Å². The summed E-state index contributed by atoms with van der Waals surface area (Å²) in [5.74, 6) is 1.71. The van der Waals surface area contributed by atoms with Crippen LogP contribution in [0, 0.1) is 0 Å². The Morgan fingerprint density at radius 3 is 2.45 bits per heavy atom. The van der Waals surface area contributed by atoms with Crippen LogP contribution in [-0.2, 0) is 0 Å². The molecule has 2 atom stereocenters. The first-order chi connectivity index (χ1) is 15.2. The summed E-state index contributed by atoms with van der Waals surface area (Å²) in [5, 5.41) is 5.06. The number of aromatic amines is 1. The smallest absolute Gasteiger partial charge is 0.164 e. The van der Waals surface area contributed by atoms with Crippen molar-refractivity contribution in [2.45, 2.75) is 16.9 Å². The van der Waals surface area contributed by atoms with E-state index in [2.05, 4.69) is 71.2 Å². The lowest BCUT2D eigenvalue weighted by Gasteiger charge is -2.32. The molecular weight excluding hydrogens is 404 g/mol. The van der Waals surface area contributed by atoms with E-state index in [-0.39, 0.29) is 12.0 Å². The number of aromatic nitrogens is 1. The molecule has 3 aromatic carbocycles. The third-order valence-corrected chi connectivity index (χ3v) is 6.94. The van der Waals surface area contributed by atoms with E-state index in [4.69, 9.17) is 9.47 Å². The molecule has 2 heterocycles. The summed E-state index contributed by atoms with van der Waals surface area (Å²) >= 11 is 1.76. The molecule has 5 heteroatoms. The molecule has 0 amide bonds. The average Bonchev–Trinajstić information content (AvgIpc) is 3.23. The third-order valence-electron chi connectivity index (χ3n) is 6.20. The molecule has 5 rings (SSSR count). The molecule has 4 aromatic rings. The van der Waals surface area contributed by atoms with E-state index in [1.807, 2.05) is 12.1 Å². The monoisotopic (exact) mass is 430 g/mol. The first-order valence-corrected chi connectivity index (χ1v) is 11.7. The highest BCUT2D eigenvalue weighted by Crippen LogP contribution is 2.45. The zero-order chi connectivity index (χ0) is 21.4. The first kappa shape index (κ1) is 20.0. The second-order valence-electron chi connectivity index (χ2n) is 7.75. The van der Waals surface area contributed by atoms with E-state index >= 15 is 0 Å². The molecule has 31 heavy (non-hydrogen) atoms. The van der Waals surface area contributed by atoms with Crippen LogP contribution < -0.4 is 14.8 Å². The molecular formula is C26H26N2O2S. The molecule has 0 fully saturated rings. The number of H-pyrrole nitrogens is 1. The molecule has 0 aliphatic carbocycles. The minimum absolute atomic E-state index is 0.117. The summed E-state index contributed by atoms with van der Waals surface area (Å²) < 4.78 is 11.4. The number of nitrogens with one attached hydrogen (secondary N) is 2. The number of ether oxygens (including phenoxy) is 2. The Balaban J connectivity index is 1.68. The highest BCUT2D eigenvalue weighted by atomic mass is 32.2. The van der Waals surface area contributed by atoms with Crippen LogP contribution in [0.1, 0.15) is 34.3 Å². The van der Waals surface area contributed by atoms with E-state index in [0.717, 1.165) is 29.1 Å². The number of para-hydroxylation sites is 2. The van der Waals surface area contributed by atoms with Crippen molar-refractivity contribution in [1.29, 1.82) is 0 Å². The molecule has 2 N–H and O–H groups in total. The molecule has 0 spiro atoms. The SMILES string of the molecule is COc1cccc(C2CNC(c3ccc(SC)cc3)c3[nH]c4ccccc4c32)c1OC. The first-order valence-electron chi connectivity index (χ1n) is 10.4. The fourth-order valence-corrected chi connectivity index (χ4v) is 5.17. The lowest BCUT2D eigenvalue weighted by molar-refractivity contribution is 0.349. The van der Waals surface area contributed by atoms with Crippen molar-refractivity contribution in [3.05, 3.63) is 89.1 Å². The van der Waals surface area contributed by atoms with Gasteiger partial charge in [-0.15, -0.1) is 11.8 Å². The molecule has 0 radical (unpaired) electrons. The molecule has 1 aliphatic rings. The fraction of sp³-hybridized carbons (Fsp3) is 0.231. The maximum absolute atomic E-state index is 5.80. The second-order valence-corrected chi connectivity index (χ2v) is 8.63. The van der Waals surface area contributed by atoms with Crippen LogP contribution >= 0.6 is 11.8 Å². The van der Waals surface area contributed by atoms with Crippen molar-refractivity contribution >= 4 is 22.7 Å². The van der Waals surface area contributed by atoms with Gasteiger partial charge in [0.2, 0.25) is 0 Å². The lowest BCUT2D eigenvalue weighted by atomic mass is 9.82.